The lowest BCUT2D eigenvalue weighted by atomic mass is 10.1. The Morgan fingerprint density at radius 2 is 1.92 bits per heavy atom. The van der Waals surface area contributed by atoms with Gasteiger partial charge in [-0.2, -0.15) is 0 Å². The number of aryl methyl sites for hydroxylation is 1. The molecule has 0 unspecified atom stereocenters. The van der Waals surface area contributed by atoms with Crippen LogP contribution in [-0.4, -0.2) is 37.2 Å². The molecule has 1 heterocycles. The zero-order valence-corrected chi connectivity index (χ0v) is 14.2. The van der Waals surface area contributed by atoms with Crippen molar-refractivity contribution < 1.29 is 13.9 Å². The molecule has 0 radical (unpaired) electrons. The van der Waals surface area contributed by atoms with E-state index in [2.05, 4.69) is 4.99 Å². The van der Waals surface area contributed by atoms with Crippen LogP contribution in [0, 0.1) is 12.7 Å². The number of nitrogens with two attached hydrogens (primary N) is 1. The van der Waals surface area contributed by atoms with Gasteiger partial charge in [0.15, 0.2) is 5.96 Å². The van der Waals surface area contributed by atoms with Gasteiger partial charge in [-0.05, 0) is 48.4 Å². The fourth-order valence-electron chi connectivity index (χ4n) is 2.62. The van der Waals surface area contributed by atoms with Crippen molar-refractivity contribution in [2.75, 3.05) is 26.3 Å². The van der Waals surface area contributed by atoms with Crippen molar-refractivity contribution in [3.8, 4) is 11.5 Å². The molecule has 1 aliphatic rings. The Hall–Kier alpha value is -2.60. The van der Waals surface area contributed by atoms with Crippen molar-refractivity contribution in [1.29, 1.82) is 0 Å². The van der Waals surface area contributed by atoms with Crippen LogP contribution in [0.25, 0.3) is 0 Å². The minimum absolute atomic E-state index is 0.282. The molecule has 0 atom stereocenters. The molecular weight excluding hydrogens is 321 g/mol. The molecule has 0 saturated carbocycles. The van der Waals surface area contributed by atoms with Gasteiger partial charge >= 0.3 is 0 Å². The maximum absolute atomic E-state index is 13.0. The van der Waals surface area contributed by atoms with Gasteiger partial charge in [-0.15, -0.1) is 0 Å². The van der Waals surface area contributed by atoms with Crippen molar-refractivity contribution in [3.05, 3.63) is 59.4 Å². The van der Waals surface area contributed by atoms with Crippen molar-refractivity contribution in [1.82, 2.24) is 4.90 Å². The van der Waals surface area contributed by atoms with Crippen LogP contribution in [0.1, 0.15) is 11.1 Å². The largest absolute Gasteiger partial charge is 0.457 e. The molecule has 2 N–H and O–H groups in total. The van der Waals surface area contributed by atoms with E-state index in [0.29, 0.717) is 31.5 Å². The van der Waals surface area contributed by atoms with Crippen LogP contribution in [0.4, 0.5) is 4.39 Å². The highest BCUT2D eigenvalue weighted by Gasteiger charge is 2.12. The van der Waals surface area contributed by atoms with Crippen LogP contribution in [0.5, 0.6) is 11.5 Å². The van der Waals surface area contributed by atoms with E-state index in [1.807, 2.05) is 30.0 Å². The maximum atomic E-state index is 13.0. The van der Waals surface area contributed by atoms with Gasteiger partial charge in [0.1, 0.15) is 17.3 Å². The van der Waals surface area contributed by atoms with Gasteiger partial charge in [0, 0.05) is 13.1 Å². The molecule has 132 valence electrons. The number of nitrogens with zero attached hydrogens (tertiary/aromatic N) is 2. The molecule has 25 heavy (non-hydrogen) atoms. The maximum Gasteiger partial charge on any atom is 0.191 e. The van der Waals surface area contributed by atoms with Crippen LogP contribution in [0.3, 0.4) is 0 Å². The predicted octanol–water partition coefficient (Wildman–Crippen LogP) is 3.07. The summed E-state index contributed by atoms with van der Waals surface area (Å²) in [5, 5.41) is 0. The minimum atomic E-state index is -0.282. The van der Waals surface area contributed by atoms with Crippen molar-refractivity contribution in [3.63, 3.8) is 0 Å². The summed E-state index contributed by atoms with van der Waals surface area (Å²) in [4.78, 5) is 6.49. The lowest BCUT2D eigenvalue weighted by Crippen LogP contribution is -2.44. The molecule has 2 aromatic carbocycles. The number of rotatable bonds is 4. The average molecular weight is 343 g/mol. The van der Waals surface area contributed by atoms with Gasteiger partial charge in [-0.1, -0.05) is 12.1 Å². The highest BCUT2D eigenvalue weighted by Crippen LogP contribution is 2.26. The second kappa shape index (κ2) is 7.98. The molecular formula is C19H22FN3O2. The first-order chi connectivity index (χ1) is 12.1. The lowest BCUT2D eigenvalue weighted by molar-refractivity contribution is 0.0674. The molecule has 0 bridgehead atoms. The summed E-state index contributed by atoms with van der Waals surface area (Å²) in [5.74, 6) is 1.61. The first kappa shape index (κ1) is 17.2. The number of benzene rings is 2. The summed E-state index contributed by atoms with van der Waals surface area (Å²) >= 11 is 0. The second-order valence-electron chi connectivity index (χ2n) is 5.93. The second-order valence-corrected chi connectivity index (χ2v) is 5.93. The van der Waals surface area contributed by atoms with E-state index >= 15 is 0 Å². The zero-order chi connectivity index (χ0) is 17.6. The van der Waals surface area contributed by atoms with E-state index < -0.39 is 0 Å². The summed E-state index contributed by atoms with van der Waals surface area (Å²) in [6.45, 7) is 5.41. The number of halogens is 1. The fourth-order valence-corrected chi connectivity index (χ4v) is 2.62. The Morgan fingerprint density at radius 1 is 1.20 bits per heavy atom. The van der Waals surface area contributed by atoms with Crippen molar-refractivity contribution in [2.24, 2.45) is 10.7 Å². The smallest absolute Gasteiger partial charge is 0.191 e. The molecule has 5 nitrogen and oxygen atoms in total. The lowest BCUT2D eigenvalue weighted by Gasteiger charge is -2.27. The normalized spacial score (nSPS) is 15.3. The van der Waals surface area contributed by atoms with E-state index in [4.69, 9.17) is 15.2 Å². The minimum Gasteiger partial charge on any atom is -0.457 e. The molecule has 2 aromatic rings. The summed E-state index contributed by atoms with van der Waals surface area (Å²) < 4.78 is 24.1. The molecule has 0 amide bonds. The van der Waals surface area contributed by atoms with Gasteiger partial charge in [0.05, 0.1) is 19.8 Å². The van der Waals surface area contributed by atoms with E-state index in [9.17, 15) is 4.39 Å². The third-order valence-electron chi connectivity index (χ3n) is 4.04. The van der Waals surface area contributed by atoms with Gasteiger partial charge in [-0.3, -0.25) is 0 Å². The Kier molecular flexibility index (Phi) is 5.50. The Labute approximate surface area is 146 Å². The molecule has 6 heteroatoms. The van der Waals surface area contributed by atoms with Crippen LogP contribution in [0.2, 0.25) is 0 Å². The summed E-state index contributed by atoms with van der Waals surface area (Å²) in [7, 11) is 0. The summed E-state index contributed by atoms with van der Waals surface area (Å²) in [5.41, 5.74) is 8.09. The van der Waals surface area contributed by atoms with Gasteiger partial charge in [0.2, 0.25) is 0 Å². The van der Waals surface area contributed by atoms with Crippen molar-refractivity contribution in [2.45, 2.75) is 13.5 Å². The van der Waals surface area contributed by atoms with E-state index in [1.165, 1.54) is 12.1 Å². The number of ether oxygens (including phenoxy) is 2. The third kappa shape index (κ3) is 4.70. The molecule has 1 fully saturated rings. The monoisotopic (exact) mass is 343 g/mol. The van der Waals surface area contributed by atoms with Crippen LogP contribution >= 0.6 is 0 Å². The van der Waals surface area contributed by atoms with Gasteiger partial charge in [-0.25, -0.2) is 9.38 Å². The number of morpholine rings is 1. The molecule has 1 saturated heterocycles. The molecule has 0 aromatic heterocycles. The number of guanidine groups is 1. The van der Waals surface area contributed by atoms with Gasteiger partial charge in [0.25, 0.3) is 0 Å². The quantitative estimate of drug-likeness (QED) is 0.685. The fraction of sp³-hybridized carbons (Fsp3) is 0.316. The highest BCUT2D eigenvalue weighted by atomic mass is 19.1. The molecule has 1 aliphatic heterocycles. The standard InChI is InChI=1S/C19H22FN3O2/c1-14-12-15(13-22-19(21)23-8-10-24-11-9-23)2-7-18(14)25-17-5-3-16(20)4-6-17/h2-7,12H,8-11,13H2,1H3,(H2,21,22). The Bertz CT molecular complexity index is 741. The Morgan fingerprint density at radius 3 is 2.60 bits per heavy atom. The number of hydrogen-bond acceptors (Lipinski definition) is 3. The van der Waals surface area contributed by atoms with Gasteiger partial charge < -0.3 is 20.1 Å². The molecule has 0 spiro atoms. The third-order valence-corrected chi connectivity index (χ3v) is 4.04. The highest BCUT2D eigenvalue weighted by molar-refractivity contribution is 5.78. The average Bonchev–Trinajstić information content (AvgIpc) is 2.64. The number of hydrogen-bond donors (Lipinski definition) is 1. The van der Waals surface area contributed by atoms with Crippen LogP contribution in [0.15, 0.2) is 47.5 Å². The SMILES string of the molecule is Cc1cc(CN=C(N)N2CCOCC2)ccc1Oc1ccc(F)cc1. The van der Waals surface area contributed by atoms with Crippen molar-refractivity contribution >= 4 is 5.96 Å². The predicted molar refractivity (Wildman–Crippen MR) is 95.4 cm³/mol. The first-order valence-corrected chi connectivity index (χ1v) is 8.27. The molecule has 0 aliphatic carbocycles. The number of aliphatic imine (C=N–C) groups is 1. The first-order valence-electron chi connectivity index (χ1n) is 8.27. The summed E-state index contributed by atoms with van der Waals surface area (Å²) in [6, 6.07) is 11.8. The van der Waals surface area contributed by atoms with Crippen LogP contribution < -0.4 is 10.5 Å². The molecule has 3 rings (SSSR count). The topological polar surface area (TPSA) is 60.1 Å². The van der Waals surface area contributed by atoms with E-state index in [1.54, 1.807) is 12.1 Å². The zero-order valence-electron chi connectivity index (χ0n) is 14.2. The van der Waals surface area contributed by atoms with Crippen LogP contribution in [-0.2, 0) is 11.3 Å². The van der Waals surface area contributed by atoms with E-state index in [0.717, 1.165) is 30.0 Å². The Balaban J connectivity index is 1.64. The summed E-state index contributed by atoms with van der Waals surface area (Å²) in [6.07, 6.45) is 0. The van der Waals surface area contributed by atoms with E-state index in [-0.39, 0.29) is 5.82 Å².